The number of thioether (sulfide) groups is 1. The summed E-state index contributed by atoms with van der Waals surface area (Å²) in [5.74, 6) is 1.83. The van der Waals surface area contributed by atoms with Gasteiger partial charge >= 0.3 is 0 Å². The lowest BCUT2D eigenvalue weighted by Crippen LogP contribution is -2.06. The first kappa shape index (κ1) is 12.6. The molecule has 1 aromatic carbocycles. The molecule has 1 aromatic rings. The molecule has 5 heteroatoms. The van der Waals surface area contributed by atoms with Crippen molar-refractivity contribution in [3.63, 3.8) is 0 Å². The molecular weight excluding hydrogens is 256 g/mol. The summed E-state index contributed by atoms with van der Waals surface area (Å²) in [5.41, 5.74) is 0.842. The van der Waals surface area contributed by atoms with Crippen LogP contribution in [0.4, 0.5) is 5.69 Å². The van der Waals surface area contributed by atoms with E-state index in [2.05, 4.69) is 17.2 Å². The van der Waals surface area contributed by atoms with Gasteiger partial charge in [0.1, 0.15) is 5.75 Å². The quantitative estimate of drug-likeness (QED) is 0.910. The number of hydrogen-bond donors (Lipinski definition) is 1. The van der Waals surface area contributed by atoms with Gasteiger partial charge in [0.05, 0.1) is 23.9 Å². The lowest BCUT2D eigenvalue weighted by molar-refractivity contribution is 0.415. The Balaban J connectivity index is 2.13. The number of benzene rings is 1. The molecule has 0 aromatic heterocycles. The standard InChI is InChI=1S/C12H15ClN2OS/c1-3-8-7-17-12(14-8)15-11-6-9(16-2)4-5-10(11)13/h4-6,8H,3,7H2,1-2H3,(H,14,15). The first-order valence-corrected chi connectivity index (χ1v) is 6.90. The molecule has 3 nitrogen and oxygen atoms in total. The molecule has 0 fully saturated rings. The summed E-state index contributed by atoms with van der Waals surface area (Å²) in [6.45, 7) is 2.15. The molecule has 0 amide bonds. The third kappa shape index (κ3) is 3.07. The van der Waals surface area contributed by atoms with Crippen molar-refractivity contribution in [1.29, 1.82) is 0 Å². The molecule has 0 bridgehead atoms. The smallest absolute Gasteiger partial charge is 0.161 e. The second kappa shape index (κ2) is 5.65. The van der Waals surface area contributed by atoms with E-state index >= 15 is 0 Å². The number of hydrogen-bond acceptors (Lipinski definition) is 4. The summed E-state index contributed by atoms with van der Waals surface area (Å²) in [6.07, 6.45) is 1.07. The third-order valence-electron chi connectivity index (χ3n) is 2.60. The van der Waals surface area contributed by atoms with Gasteiger partial charge in [0.25, 0.3) is 0 Å². The SMILES string of the molecule is CCC1CSC(Nc2cc(OC)ccc2Cl)=N1. The molecule has 0 saturated heterocycles. The average molecular weight is 271 g/mol. The van der Waals surface area contributed by atoms with Crippen LogP contribution in [0.3, 0.4) is 0 Å². The van der Waals surface area contributed by atoms with E-state index in [1.807, 2.05) is 18.2 Å². The number of rotatable bonds is 3. The Hall–Kier alpha value is -0.870. The monoisotopic (exact) mass is 270 g/mol. The van der Waals surface area contributed by atoms with Crippen molar-refractivity contribution in [2.75, 3.05) is 18.2 Å². The number of nitrogens with one attached hydrogen (secondary N) is 1. The van der Waals surface area contributed by atoms with Gasteiger partial charge in [0.2, 0.25) is 0 Å². The number of anilines is 1. The van der Waals surface area contributed by atoms with E-state index < -0.39 is 0 Å². The Morgan fingerprint density at radius 3 is 3.06 bits per heavy atom. The van der Waals surface area contributed by atoms with Crippen LogP contribution in [-0.2, 0) is 0 Å². The molecule has 1 unspecified atom stereocenters. The largest absolute Gasteiger partial charge is 0.497 e. The topological polar surface area (TPSA) is 33.6 Å². The van der Waals surface area contributed by atoms with Gasteiger partial charge in [0.15, 0.2) is 5.17 Å². The average Bonchev–Trinajstić information content (AvgIpc) is 2.80. The highest BCUT2D eigenvalue weighted by Gasteiger charge is 2.17. The zero-order valence-corrected chi connectivity index (χ0v) is 11.4. The molecule has 0 aliphatic carbocycles. The van der Waals surface area contributed by atoms with Crippen molar-refractivity contribution in [3.8, 4) is 5.75 Å². The van der Waals surface area contributed by atoms with Crippen LogP contribution in [0.15, 0.2) is 23.2 Å². The summed E-state index contributed by atoms with van der Waals surface area (Å²) >= 11 is 7.85. The minimum Gasteiger partial charge on any atom is -0.497 e. The number of aliphatic imine (C=N–C) groups is 1. The van der Waals surface area contributed by atoms with Gasteiger partial charge in [0, 0.05) is 11.8 Å². The van der Waals surface area contributed by atoms with E-state index in [1.165, 1.54) is 0 Å². The van der Waals surface area contributed by atoms with Gasteiger partial charge in [-0.25, -0.2) is 0 Å². The summed E-state index contributed by atoms with van der Waals surface area (Å²) in [4.78, 5) is 4.57. The fraction of sp³-hybridized carbons (Fsp3) is 0.417. The van der Waals surface area contributed by atoms with Crippen LogP contribution in [-0.4, -0.2) is 24.1 Å². The maximum absolute atomic E-state index is 6.12. The summed E-state index contributed by atoms with van der Waals surface area (Å²) < 4.78 is 5.17. The molecule has 0 radical (unpaired) electrons. The predicted molar refractivity (Wildman–Crippen MR) is 75.6 cm³/mol. The van der Waals surface area contributed by atoms with E-state index in [0.29, 0.717) is 11.1 Å². The Morgan fingerprint density at radius 1 is 1.59 bits per heavy atom. The molecule has 1 atom stereocenters. The third-order valence-corrected chi connectivity index (χ3v) is 3.96. The Kier molecular flexibility index (Phi) is 4.18. The Labute approximate surface area is 111 Å². The van der Waals surface area contributed by atoms with Crippen LogP contribution in [0.5, 0.6) is 5.75 Å². The van der Waals surface area contributed by atoms with Gasteiger partial charge in [-0.05, 0) is 18.6 Å². The zero-order valence-electron chi connectivity index (χ0n) is 9.87. The maximum Gasteiger partial charge on any atom is 0.161 e. The lowest BCUT2D eigenvalue weighted by Gasteiger charge is -2.09. The van der Waals surface area contributed by atoms with Gasteiger partial charge in [-0.1, -0.05) is 30.3 Å². The molecule has 92 valence electrons. The van der Waals surface area contributed by atoms with E-state index in [0.717, 1.165) is 28.8 Å². The highest BCUT2D eigenvalue weighted by atomic mass is 35.5. The Bertz CT molecular complexity index is 437. The Morgan fingerprint density at radius 2 is 2.41 bits per heavy atom. The minimum absolute atomic E-state index is 0.423. The molecule has 0 spiro atoms. The highest BCUT2D eigenvalue weighted by molar-refractivity contribution is 8.14. The van der Waals surface area contributed by atoms with Gasteiger partial charge < -0.3 is 10.1 Å². The summed E-state index contributed by atoms with van der Waals surface area (Å²) in [6, 6.07) is 5.96. The van der Waals surface area contributed by atoms with E-state index in [-0.39, 0.29) is 0 Å². The molecule has 0 saturated carbocycles. The first-order valence-electron chi connectivity index (χ1n) is 5.54. The normalized spacial score (nSPS) is 19.0. The van der Waals surface area contributed by atoms with E-state index in [4.69, 9.17) is 16.3 Å². The van der Waals surface area contributed by atoms with E-state index in [9.17, 15) is 0 Å². The number of nitrogens with zero attached hydrogens (tertiary/aromatic N) is 1. The number of ether oxygens (including phenoxy) is 1. The lowest BCUT2D eigenvalue weighted by atomic mass is 10.3. The van der Waals surface area contributed by atoms with Crippen LogP contribution < -0.4 is 10.1 Å². The number of halogens is 1. The molecular formula is C12H15ClN2OS. The number of amidine groups is 1. The van der Waals surface area contributed by atoms with Crippen LogP contribution in [0, 0.1) is 0 Å². The maximum atomic E-state index is 6.12. The molecule has 1 heterocycles. The van der Waals surface area contributed by atoms with Crippen molar-refractivity contribution >= 4 is 34.2 Å². The van der Waals surface area contributed by atoms with Crippen LogP contribution in [0.2, 0.25) is 5.02 Å². The highest BCUT2D eigenvalue weighted by Crippen LogP contribution is 2.29. The minimum atomic E-state index is 0.423. The van der Waals surface area contributed by atoms with Crippen LogP contribution >= 0.6 is 23.4 Å². The summed E-state index contributed by atoms with van der Waals surface area (Å²) in [7, 11) is 1.64. The molecule has 17 heavy (non-hydrogen) atoms. The number of methoxy groups -OCH3 is 1. The van der Waals surface area contributed by atoms with Crippen molar-refractivity contribution in [1.82, 2.24) is 0 Å². The van der Waals surface area contributed by atoms with Gasteiger partial charge in [-0.2, -0.15) is 0 Å². The van der Waals surface area contributed by atoms with Gasteiger partial charge in [-0.15, -0.1) is 0 Å². The van der Waals surface area contributed by atoms with Crippen LogP contribution in [0.25, 0.3) is 0 Å². The molecule has 1 aliphatic heterocycles. The summed E-state index contributed by atoms with van der Waals surface area (Å²) in [5, 5.41) is 4.86. The predicted octanol–water partition coefficient (Wildman–Crippen LogP) is 3.64. The van der Waals surface area contributed by atoms with Crippen molar-refractivity contribution in [2.24, 2.45) is 4.99 Å². The van der Waals surface area contributed by atoms with Crippen LogP contribution in [0.1, 0.15) is 13.3 Å². The van der Waals surface area contributed by atoms with E-state index in [1.54, 1.807) is 18.9 Å². The van der Waals surface area contributed by atoms with Crippen molar-refractivity contribution in [2.45, 2.75) is 19.4 Å². The fourth-order valence-electron chi connectivity index (χ4n) is 1.54. The second-order valence-electron chi connectivity index (χ2n) is 3.78. The zero-order chi connectivity index (χ0) is 12.3. The fourth-order valence-corrected chi connectivity index (χ4v) is 2.77. The molecule has 1 N–H and O–H groups in total. The molecule has 2 rings (SSSR count). The second-order valence-corrected chi connectivity index (χ2v) is 5.19. The first-order chi connectivity index (χ1) is 8.22. The van der Waals surface area contributed by atoms with Gasteiger partial charge in [-0.3, -0.25) is 4.99 Å². The molecule has 1 aliphatic rings. The van der Waals surface area contributed by atoms with Crippen molar-refractivity contribution in [3.05, 3.63) is 23.2 Å². The van der Waals surface area contributed by atoms with Crippen molar-refractivity contribution < 1.29 is 4.74 Å².